The minimum atomic E-state index is 0.990. The molecule has 0 unspecified atom stereocenters. The number of hydrogen-bond donors (Lipinski definition) is 0. The van der Waals surface area contributed by atoms with Gasteiger partial charge in [0.15, 0.2) is 0 Å². The molecule has 616 valence electrons. The first kappa shape index (κ1) is 76.8. The second kappa shape index (κ2) is 31.5. The Labute approximate surface area is 770 Å². The molecule has 133 heavy (non-hydrogen) atoms. The predicted molar refractivity (Wildman–Crippen MR) is 563 cm³/mol. The van der Waals surface area contributed by atoms with E-state index in [9.17, 15) is 0 Å². The topological polar surface area (TPSA) is 38.7 Å². The highest BCUT2D eigenvalue weighted by molar-refractivity contribution is 6.32. The van der Waals surface area contributed by atoms with Crippen molar-refractivity contribution in [1.29, 1.82) is 0 Å². The van der Waals surface area contributed by atoms with E-state index >= 15 is 0 Å². The Morgan fingerprint density at radius 2 is 0.414 bits per heavy atom. The lowest BCUT2D eigenvalue weighted by molar-refractivity contribution is 1.26. The van der Waals surface area contributed by atoms with Crippen LogP contribution in [-0.4, -0.2) is 15.0 Å². The molecule has 0 fully saturated rings. The summed E-state index contributed by atoms with van der Waals surface area (Å²) in [5, 5.41) is 18.9. The zero-order valence-corrected chi connectivity index (χ0v) is 72.9. The van der Waals surface area contributed by atoms with E-state index in [1.165, 1.54) is 232 Å². The SMILES string of the molecule is Cc1ccc2ccc(-c3cc4c5c(cccc5c3)-c3c-4c(-c4ccccc4)c4ccccc4c3-c3ccccc3)cc2n1.c1ccc(-c2c3c(c(-c4ccccc4)c4ccccc24)-c2cc(-c4ccc5cccnc5c4)cc4cccc-3c24)cc1.c1ccc(-c2ccc3ccc(-c4cc5c6c(cccc6c4)-c4c-5c(-c5ccccc5)c5ccccc5c4-c4ccccc4)cc3n2)cc1. The average Bonchev–Trinajstić information content (AvgIpc) is 1.55. The molecule has 0 spiro atoms. The molecule has 0 amide bonds. The Bertz CT molecular complexity index is 9090. The Balaban J connectivity index is 0.000000105. The Kier molecular flexibility index (Phi) is 18.2. The first-order valence-electron chi connectivity index (χ1n) is 45.9. The summed E-state index contributed by atoms with van der Waals surface area (Å²) in [6.07, 6.45) is 1.87. The molecule has 3 nitrogen and oxygen atoms in total. The van der Waals surface area contributed by atoms with Gasteiger partial charge in [0.2, 0.25) is 0 Å². The van der Waals surface area contributed by atoms with Gasteiger partial charge >= 0.3 is 0 Å². The van der Waals surface area contributed by atoms with Crippen LogP contribution >= 0.6 is 0 Å². The van der Waals surface area contributed by atoms with Crippen molar-refractivity contribution in [1.82, 2.24) is 15.0 Å². The number of hydrogen-bond acceptors (Lipinski definition) is 3. The third-order valence-corrected chi connectivity index (χ3v) is 27.8. The summed E-state index contributed by atoms with van der Waals surface area (Å²) in [6.45, 7) is 2.06. The van der Waals surface area contributed by atoms with E-state index in [0.717, 1.165) is 49.7 Å². The molecule has 3 aliphatic rings. The van der Waals surface area contributed by atoms with Gasteiger partial charge in [0, 0.05) is 33.6 Å². The van der Waals surface area contributed by atoms with Gasteiger partial charge in [-0.2, -0.15) is 0 Å². The van der Waals surface area contributed by atoms with Crippen molar-refractivity contribution in [3.8, 4) is 178 Å². The molecular formula is C130H81N3. The van der Waals surface area contributed by atoms with Crippen LogP contribution in [0.3, 0.4) is 0 Å². The van der Waals surface area contributed by atoms with Gasteiger partial charge in [-0.15, -0.1) is 0 Å². The smallest absolute Gasteiger partial charge is 0.0715 e. The van der Waals surface area contributed by atoms with E-state index < -0.39 is 0 Å². The quantitative estimate of drug-likeness (QED) is 0.137. The molecule has 0 saturated heterocycles. The maximum Gasteiger partial charge on any atom is 0.0715 e. The van der Waals surface area contributed by atoms with Gasteiger partial charge in [0.25, 0.3) is 0 Å². The molecule has 0 saturated carbocycles. The van der Waals surface area contributed by atoms with Crippen molar-refractivity contribution < 1.29 is 0 Å². The fourth-order valence-corrected chi connectivity index (χ4v) is 22.1. The van der Waals surface area contributed by atoms with Gasteiger partial charge in [-0.25, -0.2) is 4.98 Å². The highest BCUT2D eigenvalue weighted by Gasteiger charge is 2.36. The summed E-state index contributed by atoms with van der Waals surface area (Å²) >= 11 is 0. The molecule has 28 rings (SSSR count). The van der Waals surface area contributed by atoms with Crippen LogP contribution in [0, 0.1) is 6.92 Å². The van der Waals surface area contributed by atoms with Crippen molar-refractivity contribution in [2.75, 3.05) is 0 Å². The fourth-order valence-electron chi connectivity index (χ4n) is 22.1. The number of nitrogens with zero attached hydrogens (tertiary/aromatic N) is 3. The molecule has 3 aromatic heterocycles. The van der Waals surface area contributed by atoms with Crippen LogP contribution in [0.2, 0.25) is 0 Å². The van der Waals surface area contributed by atoms with Crippen molar-refractivity contribution in [2.24, 2.45) is 0 Å². The maximum atomic E-state index is 5.12. The molecule has 0 atom stereocenters. The molecule has 25 aromatic rings. The highest BCUT2D eigenvalue weighted by atomic mass is 14.7. The highest BCUT2D eigenvalue weighted by Crippen LogP contribution is 2.63. The van der Waals surface area contributed by atoms with E-state index in [-0.39, 0.29) is 0 Å². The summed E-state index contributed by atoms with van der Waals surface area (Å²) < 4.78 is 0. The van der Waals surface area contributed by atoms with Gasteiger partial charge in [-0.3, -0.25) is 9.97 Å². The summed E-state index contributed by atoms with van der Waals surface area (Å²) in [7, 11) is 0. The van der Waals surface area contributed by atoms with Crippen LogP contribution in [0.15, 0.2) is 473 Å². The third kappa shape index (κ3) is 12.8. The second-order valence-electron chi connectivity index (χ2n) is 35.4. The van der Waals surface area contributed by atoms with Gasteiger partial charge in [0.1, 0.15) is 0 Å². The summed E-state index contributed by atoms with van der Waals surface area (Å²) in [4.78, 5) is 14.6. The third-order valence-electron chi connectivity index (χ3n) is 27.8. The fraction of sp³-hybridized carbons (Fsp3) is 0.00769. The molecule has 3 aliphatic carbocycles. The van der Waals surface area contributed by atoms with Crippen molar-refractivity contribution in [2.45, 2.75) is 6.92 Å². The zero-order chi connectivity index (χ0) is 87.7. The minimum absolute atomic E-state index is 0.990. The number of aromatic nitrogens is 3. The van der Waals surface area contributed by atoms with Crippen LogP contribution in [0.5, 0.6) is 0 Å². The molecule has 0 aliphatic heterocycles. The minimum Gasteiger partial charge on any atom is -0.256 e. The Morgan fingerprint density at radius 3 is 0.744 bits per heavy atom. The Morgan fingerprint density at radius 1 is 0.150 bits per heavy atom. The van der Waals surface area contributed by atoms with Crippen LogP contribution in [-0.2, 0) is 0 Å². The zero-order valence-electron chi connectivity index (χ0n) is 72.9. The Hall–Kier alpha value is -17.4. The molecule has 22 aromatic carbocycles. The molecule has 0 bridgehead atoms. The molecule has 0 N–H and O–H groups in total. The number of rotatable bonds is 10. The van der Waals surface area contributed by atoms with Gasteiger partial charge in [0.05, 0.1) is 22.2 Å². The monoisotopic (exact) mass is 1680 g/mol. The summed E-state index contributed by atoms with van der Waals surface area (Å²) in [5.41, 5.74) is 44.4. The van der Waals surface area contributed by atoms with E-state index in [1.807, 2.05) is 18.3 Å². The standard InChI is InChI=1S/C47H29N.C42H27N.C41H25N/c1-4-13-30(14-5-1)41-26-25-31-23-24-34(29-42(31)48-41)36-27-35-19-12-22-39-43(35)40(28-36)47-45(33-17-8-3-9-18-33)38-21-11-10-20-37(38)44(46(39)47)32-15-6-2-7-16-32;1-26-19-20-27-21-22-30(25-37(27)43-26)32-23-31-15-10-18-35-38(31)36(24-32)42-40(29-13-6-3-7-14-29)34-17-9-8-16-33(34)39(41(35)42)28-11-4-2-5-12-28;1-3-11-27(12-4-1)38-32-17-7-8-18-33(32)39(28-13-5-2-6-14-28)41-35-24-31(23-30-15-9-19-34(37(30)35)40(38)41)29-21-20-26-16-10-22-42-36(26)25-29/h1-29H;2-25H,1H3;1-25H. The van der Waals surface area contributed by atoms with Gasteiger partial charge in [-0.05, 0) is 311 Å². The van der Waals surface area contributed by atoms with Crippen LogP contribution in [0.1, 0.15) is 5.69 Å². The number of aryl methyl sites for hydroxylation is 1. The van der Waals surface area contributed by atoms with E-state index in [2.05, 4.69) is 467 Å². The number of pyridine rings is 3. The average molecular weight is 1690 g/mol. The normalized spacial score (nSPS) is 11.8. The van der Waals surface area contributed by atoms with Crippen molar-refractivity contribution in [3.63, 3.8) is 0 Å². The van der Waals surface area contributed by atoms with E-state index in [4.69, 9.17) is 9.97 Å². The first-order valence-corrected chi connectivity index (χ1v) is 45.9. The summed E-state index contributed by atoms with van der Waals surface area (Å²) in [5.74, 6) is 0. The lowest BCUT2D eigenvalue weighted by Crippen LogP contribution is -1.93. The van der Waals surface area contributed by atoms with Crippen LogP contribution < -0.4 is 0 Å². The number of fused-ring (bicyclic) bond motifs is 15. The van der Waals surface area contributed by atoms with Crippen LogP contribution in [0.25, 0.3) is 276 Å². The summed E-state index contributed by atoms with van der Waals surface area (Å²) in [6, 6.07) is 170. The molecule has 3 heterocycles. The molecule has 0 radical (unpaired) electrons. The van der Waals surface area contributed by atoms with Gasteiger partial charge < -0.3 is 0 Å². The molecular weight excluding hydrogens is 1600 g/mol. The van der Waals surface area contributed by atoms with Gasteiger partial charge in [-0.1, -0.05) is 394 Å². The predicted octanol–water partition coefficient (Wildman–Crippen LogP) is 35.5. The first-order chi connectivity index (χ1) is 65.9. The lowest BCUT2D eigenvalue weighted by Gasteiger charge is -2.20. The van der Waals surface area contributed by atoms with Crippen molar-refractivity contribution in [3.05, 3.63) is 479 Å². The number of benzene rings is 22. The maximum absolute atomic E-state index is 5.12. The lowest BCUT2D eigenvalue weighted by atomic mass is 9.82. The van der Waals surface area contributed by atoms with Crippen LogP contribution in [0.4, 0.5) is 0 Å². The largest absolute Gasteiger partial charge is 0.256 e. The van der Waals surface area contributed by atoms with E-state index in [0.29, 0.717) is 0 Å². The second-order valence-corrected chi connectivity index (χ2v) is 35.4. The van der Waals surface area contributed by atoms with E-state index in [1.54, 1.807) is 0 Å². The van der Waals surface area contributed by atoms with Crippen molar-refractivity contribution >= 4 is 97.3 Å². The molecule has 3 heteroatoms.